The molecule has 1 atom stereocenters. The van der Waals surface area contributed by atoms with Gasteiger partial charge < -0.3 is 18.9 Å². The van der Waals surface area contributed by atoms with Crippen molar-refractivity contribution in [2.24, 2.45) is 4.99 Å². The smallest absolute Gasteiger partial charge is 0.353 e. The Hall–Kier alpha value is -3.16. The van der Waals surface area contributed by atoms with Crippen molar-refractivity contribution in [2.45, 2.75) is 59.8 Å². The Morgan fingerprint density at radius 3 is 2.23 bits per heavy atom. The van der Waals surface area contributed by atoms with E-state index < -0.39 is 29.0 Å². The van der Waals surface area contributed by atoms with E-state index in [0.29, 0.717) is 5.56 Å². The highest BCUT2D eigenvalue weighted by molar-refractivity contribution is 6.28. The number of nitrogens with zero attached hydrogens (tertiary/aromatic N) is 1. The zero-order valence-corrected chi connectivity index (χ0v) is 18.9. The topological polar surface area (TPSA) is 100 Å². The van der Waals surface area contributed by atoms with E-state index in [-0.39, 0.29) is 41.6 Å². The van der Waals surface area contributed by atoms with E-state index in [0.717, 1.165) is 5.56 Å². The van der Waals surface area contributed by atoms with Crippen molar-refractivity contribution in [1.29, 1.82) is 0 Å². The summed E-state index contributed by atoms with van der Waals surface area (Å²) < 4.78 is 22.3. The molecular weight excluding hydrogens is 402 g/mol. The van der Waals surface area contributed by atoms with Crippen molar-refractivity contribution in [3.05, 3.63) is 40.0 Å². The van der Waals surface area contributed by atoms with Gasteiger partial charge in [-0.1, -0.05) is 6.07 Å². The van der Waals surface area contributed by atoms with Gasteiger partial charge in [0, 0.05) is 0 Å². The van der Waals surface area contributed by atoms with Gasteiger partial charge in [0.1, 0.15) is 16.9 Å². The number of carbonyl (C=O) groups is 3. The third kappa shape index (κ3) is 3.82. The molecule has 166 valence electrons. The number of fused-ring (bicyclic) bond motifs is 1. The molecule has 31 heavy (non-hydrogen) atoms. The Morgan fingerprint density at radius 1 is 1.03 bits per heavy atom. The van der Waals surface area contributed by atoms with Crippen LogP contribution in [-0.2, 0) is 23.8 Å². The highest BCUT2D eigenvalue weighted by Gasteiger charge is 2.64. The predicted octanol–water partition coefficient (Wildman–Crippen LogP) is 3.22. The average molecular weight is 429 g/mol. The fourth-order valence-corrected chi connectivity index (χ4v) is 3.62. The van der Waals surface area contributed by atoms with E-state index in [4.69, 9.17) is 18.9 Å². The van der Waals surface area contributed by atoms with E-state index in [1.165, 1.54) is 0 Å². The van der Waals surface area contributed by atoms with Crippen LogP contribution in [0.15, 0.2) is 28.3 Å². The van der Waals surface area contributed by atoms with Crippen LogP contribution in [0.4, 0.5) is 0 Å². The summed E-state index contributed by atoms with van der Waals surface area (Å²) in [5.74, 6) is -4.46. The molecule has 1 aromatic carbocycles. The number of hydrogen-bond donors (Lipinski definition) is 0. The molecule has 2 aliphatic rings. The third-order valence-corrected chi connectivity index (χ3v) is 4.65. The second-order valence-electron chi connectivity index (χ2n) is 8.38. The minimum atomic E-state index is -2.20. The number of aliphatic imine (C=N–C) groups is 1. The van der Waals surface area contributed by atoms with Crippen LogP contribution in [-0.4, -0.2) is 48.2 Å². The largest absolute Gasteiger partial charge is 0.462 e. The van der Waals surface area contributed by atoms with Crippen LogP contribution in [0.25, 0.3) is 0 Å². The number of ether oxygens (including phenoxy) is 4. The molecule has 0 aromatic heterocycles. The summed E-state index contributed by atoms with van der Waals surface area (Å²) in [5.41, 5.74) is 0.532. The van der Waals surface area contributed by atoms with Crippen molar-refractivity contribution in [3.8, 4) is 5.75 Å². The van der Waals surface area contributed by atoms with Crippen LogP contribution >= 0.6 is 0 Å². The van der Waals surface area contributed by atoms with Crippen molar-refractivity contribution in [2.75, 3.05) is 13.2 Å². The third-order valence-electron chi connectivity index (χ3n) is 4.65. The monoisotopic (exact) mass is 429 g/mol. The van der Waals surface area contributed by atoms with Crippen LogP contribution in [0.3, 0.4) is 0 Å². The van der Waals surface area contributed by atoms with Crippen LogP contribution < -0.4 is 4.74 Å². The second-order valence-corrected chi connectivity index (χ2v) is 8.38. The zero-order valence-electron chi connectivity index (χ0n) is 18.9. The highest BCUT2D eigenvalue weighted by Crippen LogP contribution is 2.47. The Labute approximate surface area is 181 Å². The van der Waals surface area contributed by atoms with Crippen LogP contribution in [0.2, 0.25) is 0 Å². The van der Waals surface area contributed by atoms with Gasteiger partial charge in [-0.2, -0.15) is 0 Å². The predicted molar refractivity (Wildman–Crippen MR) is 112 cm³/mol. The molecule has 8 nitrogen and oxygen atoms in total. The minimum absolute atomic E-state index is 0.0273. The number of carbonyl (C=O) groups excluding carboxylic acids is 3. The number of benzene rings is 1. The number of esters is 2. The van der Waals surface area contributed by atoms with Crippen LogP contribution in [0.1, 0.15) is 56.1 Å². The first kappa shape index (κ1) is 22.5. The summed E-state index contributed by atoms with van der Waals surface area (Å²) in [5, 5.41) is 0. The molecule has 0 bridgehead atoms. The summed E-state index contributed by atoms with van der Waals surface area (Å²) in [6.45, 7) is 12.3. The van der Waals surface area contributed by atoms with Crippen LogP contribution in [0, 0.1) is 13.8 Å². The van der Waals surface area contributed by atoms with E-state index in [1.54, 1.807) is 47.6 Å². The van der Waals surface area contributed by atoms with Gasteiger partial charge in [-0.3, -0.25) is 4.79 Å². The van der Waals surface area contributed by atoms with Gasteiger partial charge in [-0.05, 0) is 65.7 Å². The maximum absolute atomic E-state index is 13.6. The number of rotatable bonds is 4. The summed E-state index contributed by atoms with van der Waals surface area (Å²) in [6, 6.07) is 3.52. The van der Waals surface area contributed by atoms with Crippen LogP contribution in [0.5, 0.6) is 5.75 Å². The number of Topliss-reactive ketones (excluding diaryl/α,β-unsaturated/α-hetero) is 1. The molecule has 0 aliphatic carbocycles. The lowest BCUT2D eigenvalue weighted by Crippen LogP contribution is -2.45. The van der Waals surface area contributed by atoms with E-state index in [1.807, 2.05) is 13.0 Å². The normalized spacial score (nSPS) is 21.3. The molecule has 3 rings (SSSR count). The molecule has 2 heterocycles. The summed E-state index contributed by atoms with van der Waals surface area (Å²) in [4.78, 5) is 44.0. The molecule has 0 radical (unpaired) electrons. The van der Waals surface area contributed by atoms with Gasteiger partial charge in [0.25, 0.3) is 5.78 Å². The van der Waals surface area contributed by atoms with Crippen molar-refractivity contribution < 1.29 is 33.3 Å². The standard InChI is InChI=1S/C23H27NO7/c1-8-28-20(26)16-17(21(27)29-9-2)23(31-19(16)24-22(5,6)7)18(25)15-13(4)10-12(3)11-14(15)30-23/h10-11H,8-9H2,1-7H3. The fraction of sp³-hybridized carbons (Fsp3) is 0.478. The van der Waals surface area contributed by atoms with E-state index in [9.17, 15) is 14.4 Å². The molecule has 0 saturated carbocycles. The van der Waals surface area contributed by atoms with Gasteiger partial charge in [0.15, 0.2) is 0 Å². The number of hydrogen-bond acceptors (Lipinski definition) is 8. The molecule has 2 aliphatic heterocycles. The summed E-state index contributed by atoms with van der Waals surface area (Å²) in [7, 11) is 0. The first-order chi connectivity index (χ1) is 14.4. The van der Waals surface area contributed by atoms with Crippen molar-refractivity contribution >= 4 is 23.6 Å². The fourth-order valence-electron chi connectivity index (χ4n) is 3.62. The van der Waals surface area contributed by atoms with Gasteiger partial charge in [-0.15, -0.1) is 0 Å². The Kier molecular flexibility index (Phi) is 5.69. The quantitative estimate of drug-likeness (QED) is 0.678. The molecule has 1 spiro atoms. The Morgan fingerprint density at radius 2 is 1.65 bits per heavy atom. The molecule has 8 heteroatoms. The Balaban J connectivity index is 2.31. The lowest BCUT2D eigenvalue weighted by Gasteiger charge is -2.23. The summed E-state index contributed by atoms with van der Waals surface area (Å²) in [6.07, 6.45) is 0. The van der Waals surface area contributed by atoms with Crippen molar-refractivity contribution in [1.82, 2.24) is 0 Å². The molecule has 0 N–H and O–H groups in total. The SMILES string of the molecule is CCOC(=O)C1=C(C(=O)OCC)C2(OC1=NC(C)(C)C)Oc1cc(C)cc(C)c1C2=O. The summed E-state index contributed by atoms with van der Waals surface area (Å²) >= 11 is 0. The number of aryl methyl sites for hydroxylation is 2. The molecule has 0 saturated heterocycles. The first-order valence-corrected chi connectivity index (χ1v) is 10.2. The minimum Gasteiger partial charge on any atom is -0.462 e. The average Bonchev–Trinajstić information content (AvgIpc) is 3.08. The molecular formula is C23H27NO7. The maximum Gasteiger partial charge on any atom is 0.353 e. The van der Waals surface area contributed by atoms with E-state index >= 15 is 0 Å². The molecule has 1 aromatic rings. The van der Waals surface area contributed by atoms with Crippen molar-refractivity contribution in [3.63, 3.8) is 0 Å². The lowest BCUT2D eigenvalue weighted by atomic mass is 9.93. The molecule has 0 fully saturated rings. The highest BCUT2D eigenvalue weighted by atomic mass is 16.7. The molecule has 1 unspecified atom stereocenters. The second kappa shape index (κ2) is 7.83. The maximum atomic E-state index is 13.6. The van der Waals surface area contributed by atoms with E-state index in [2.05, 4.69) is 4.99 Å². The van der Waals surface area contributed by atoms with Gasteiger partial charge >= 0.3 is 17.7 Å². The zero-order chi connectivity index (χ0) is 23.1. The number of ketones is 1. The lowest BCUT2D eigenvalue weighted by molar-refractivity contribution is -0.144. The van der Waals surface area contributed by atoms with Gasteiger partial charge in [-0.25, -0.2) is 14.6 Å². The Bertz CT molecular complexity index is 1030. The van der Waals surface area contributed by atoms with Gasteiger partial charge in [0.05, 0.1) is 24.3 Å². The first-order valence-electron chi connectivity index (χ1n) is 10.2. The molecule has 0 amide bonds. The van der Waals surface area contributed by atoms with Gasteiger partial charge in [0.2, 0.25) is 5.90 Å².